The zero-order chi connectivity index (χ0) is 16.1. The largest absolute Gasteiger partial charge is 0.369 e. The van der Waals surface area contributed by atoms with Gasteiger partial charge in [-0.2, -0.15) is 5.10 Å². The standard InChI is InChI=1S/C17H27N5/c1-12-4-6-22(7-5-12)11-16-9-13(2)8-15(14(16)3)10-20-21-17(18)19/h8-10,12H,4-7,11H2,1-3H3,(H4,18,19,21). The highest BCUT2D eigenvalue weighted by Gasteiger charge is 2.17. The summed E-state index contributed by atoms with van der Waals surface area (Å²) in [5, 5.41) is 7.62. The third-order valence-corrected chi connectivity index (χ3v) is 4.34. The number of hydrogen-bond donors (Lipinski definition) is 2. The van der Waals surface area contributed by atoms with Gasteiger partial charge in [-0.1, -0.05) is 24.6 Å². The van der Waals surface area contributed by atoms with Crippen molar-refractivity contribution in [3.63, 3.8) is 0 Å². The van der Waals surface area contributed by atoms with E-state index >= 15 is 0 Å². The number of aryl methyl sites for hydroxylation is 1. The molecule has 1 heterocycles. The Hall–Kier alpha value is -1.88. The smallest absolute Gasteiger partial charge is 0.211 e. The van der Waals surface area contributed by atoms with E-state index in [-0.39, 0.29) is 5.96 Å². The molecule has 0 aromatic heterocycles. The lowest BCUT2D eigenvalue weighted by atomic mass is 9.96. The predicted molar refractivity (Wildman–Crippen MR) is 93.0 cm³/mol. The van der Waals surface area contributed by atoms with Crippen molar-refractivity contribution in [2.24, 2.45) is 27.6 Å². The van der Waals surface area contributed by atoms with Gasteiger partial charge in [0.1, 0.15) is 0 Å². The Morgan fingerprint density at radius 2 is 1.95 bits per heavy atom. The van der Waals surface area contributed by atoms with E-state index in [1.54, 1.807) is 6.21 Å². The third kappa shape index (κ3) is 4.56. The lowest BCUT2D eigenvalue weighted by Crippen LogP contribution is -2.32. The number of hydrogen-bond acceptors (Lipinski definition) is 3. The van der Waals surface area contributed by atoms with Crippen LogP contribution in [-0.4, -0.2) is 30.2 Å². The molecule has 0 bridgehead atoms. The normalized spacial score (nSPS) is 17.0. The fourth-order valence-electron chi connectivity index (χ4n) is 2.88. The Morgan fingerprint density at radius 1 is 1.27 bits per heavy atom. The molecule has 1 aliphatic heterocycles. The van der Waals surface area contributed by atoms with Crippen molar-refractivity contribution < 1.29 is 0 Å². The molecule has 0 atom stereocenters. The van der Waals surface area contributed by atoms with Crippen molar-refractivity contribution in [3.05, 3.63) is 34.4 Å². The number of rotatable bonds is 4. The van der Waals surface area contributed by atoms with Crippen molar-refractivity contribution in [3.8, 4) is 0 Å². The summed E-state index contributed by atoms with van der Waals surface area (Å²) < 4.78 is 0. The molecule has 5 nitrogen and oxygen atoms in total. The van der Waals surface area contributed by atoms with Crippen LogP contribution in [0.4, 0.5) is 0 Å². The maximum atomic E-state index is 5.30. The van der Waals surface area contributed by atoms with Crippen molar-refractivity contribution in [1.82, 2.24) is 4.90 Å². The van der Waals surface area contributed by atoms with Gasteiger partial charge in [0.25, 0.3) is 0 Å². The molecule has 1 saturated heterocycles. The minimum Gasteiger partial charge on any atom is -0.369 e. The molecule has 2 rings (SSSR count). The van der Waals surface area contributed by atoms with E-state index in [1.807, 2.05) is 0 Å². The number of benzene rings is 1. The van der Waals surface area contributed by atoms with Crippen LogP contribution in [0.25, 0.3) is 0 Å². The molecule has 0 unspecified atom stereocenters. The van der Waals surface area contributed by atoms with Gasteiger partial charge in [0.15, 0.2) is 0 Å². The predicted octanol–water partition coefficient (Wildman–Crippen LogP) is 2.14. The zero-order valence-corrected chi connectivity index (χ0v) is 13.8. The van der Waals surface area contributed by atoms with Crippen LogP contribution in [0, 0.1) is 19.8 Å². The second-order valence-electron chi connectivity index (χ2n) is 6.37. The molecule has 0 saturated carbocycles. The number of piperidine rings is 1. The first-order chi connectivity index (χ1) is 10.5. The summed E-state index contributed by atoms with van der Waals surface area (Å²) >= 11 is 0. The van der Waals surface area contributed by atoms with Crippen LogP contribution < -0.4 is 11.5 Å². The van der Waals surface area contributed by atoms with Crippen LogP contribution in [0.1, 0.15) is 42.0 Å². The fourth-order valence-corrected chi connectivity index (χ4v) is 2.88. The zero-order valence-electron chi connectivity index (χ0n) is 13.8. The maximum Gasteiger partial charge on any atom is 0.211 e. The molecule has 120 valence electrons. The van der Waals surface area contributed by atoms with Crippen LogP contribution in [0.5, 0.6) is 0 Å². The van der Waals surface area contributed by atoms with Crippen LogP contribution in [-0.2, 0) is 6.54 Å². The van der Waals surface area contributed by atoms with Crippen molar-refractivity contribution in [2.75, 3.05) is 13.1 Å². The molecule has 4 N–H and O–H groups in total. The minimum absolute atomic E-state index is 0.0239. The summed E-state index contributed by atoms with van der Waals surface area (Å²) in [6.07, 6.45) is 4.32. The summed E-state index contributed by atoms with van der Waals surface area (Å²) in [5.41, 5.74) is 15.5. The number of likely N-dealkylation sites (tertiary alicyclic amines) is 1. The third-order valence-electron chi connectivity index (χ3n) is 4.34. The topological polar surface area (TPSA) is 80.0 Å². The van der Waals surface area contributed by atoms with Gasteiger partial charge in [-0.05, 0) is 62.4 Å². The number of guanidine groups is 1. The monoisotopic (exact) mass is 301 g/mol. The summed E-state index contributed by atoms with van der Waals surface area (Å²) in [4.78, 5) is 2.54. The molecule has 5 heteroatoms. The Bertz CT molecular complexity index is 565. The second kappa shape index (κ2) is 7.40. The van der Waals surface area contributed by atoms with E-state index < -0.39 is 0 Å². The van der Waals surface area contributed by atoms with Crippen molar-refractivity contribution in [1.29, 1.82) is 0 Å². The lowest BCUT2D eigenvalue weighted by Gasteiger charge is -2.30. The van der Waals surface area contributed by atoms with Gasteiger partial charge in [0.2, 0.25) is 5.96 Å². The molecule has 0 spiro atoms. The van der Waals surface area contributed by atoms with Crippen LogP contribution in [0.2, 0.25) is 0 Å². The van der Waals surface area contributed by atoms with E-state index in [4.69, 9.17) is 11.5 Å². The molecular weight excluding hydrogens is 274 g/mol. The minimum atomic E-state index is -0.0239. The van der Waals surface area contributed by atoms with E-state index in [9.17, 15) is 0 Å². The molecule has 1 aliphatic rings. The Morgan fingerprint density at radius 3 is 2.59 bits per heavy atom. The first-order valence-electron chi connectivity index (χ1n) is 7.90. The highest BCUT2D eigenvalue weighted by molar-refractivity contribution is 5.83. The Balaban J connectivity index is 2.16. The van der Waals surface area contributed by atoms with Gasteiger partial charge < -0.3 is 11.5 Å². The molecule has 1 aromatic rings. The molecule has 0 amide bonds. The van der Waals surface area contributed by atoms with E-state index in [0.717, 1.165) is 18.0 Å². The van der Waals surface area contributed by atoms with Gasteiger partial charge in [-0.25, -0.2) is 0 Å². The lowest BCUT2D eigenvalue weighted by molar-refractivity contribution is 0.185. The molecule has 0 aliphatic carbocycles. The average molecular weight is 301 g/mol. The summed E-state index contributed by atoms with van der Waals surface area (Å²) in [6.45, 7) is 9.96. The average Bonchev–Trinajstić information content (AvgIpc) is 2.45. The molecule has 0 radical (unpaired) electrons. The number of nitrogens with two attached hydrogens (primary N) is 2. The Labute approximate surface area is 133 Å². The van der Waals surface area contributed by atoms with E-state index in [2.05, 4.69) is 48.0 Å². The van der Waals surface area contributed by atoms with Gasteiger partial charge >= 0.3 is 0 Å². The highest BCUT2D eigenvalue weighted by atomic mass is 15.3. The van der Waals surface area contributed by atoms with Crippen LogP contribution in [0.3, 0.4) is 0 Å². The van der Waals surface area contributed by atoms with Gasteiger partial charge in [0.05, 0.1) is 6.21 Å². The first-order valence-corrected chi connectivity index (χ1v) is 7.90. The first kappa shape index (κ1) is 16.5. The SMILES string of the molecule is Cc1cc(C=NN=C(N)N)c(C)c(CN2CCC(C)CC2)c1. The van der Waals surface area contributed by atoms with Crippen LogP contribution in [0.15, 0.2) is 22.3 Å². The maximum absolute atomic E-state index is 5.30. The Kier molecular flexibility index (Phi) is 5.55. The quantitative estimate of drug-likeness (QED) is 0.508. The van der Waals surface area contributed by atoms with Crippen molar-refractivity contribution >= 4 is 12.2 Å². The fraction of sp³-hybridized carbons (Fsp3) is 0.529. The summed E-state index contributed by atoms with van der Waals surface area (Å²) in [5.74, 6) is 0.835. The van der Waals surface area contributed by atoms with Crippen LogP contribution >= 0.6 is 0 Å². The van der Waals surface area contributed by atoms with Gasteiger partial charge in [-0.15, -0.1) is 5.10 Å². The molecule has 1 fully saturated rings. The molecule has 22 heavy (non-hydrogen) atoms. The van der Waals surface area contributed by atoms with Gasteiger partial charge in [0, 0.05) is 6.54 Å². The van der Waals surface area contributed by atoms with E-state index in [0.29, 0.717) is 0 Å². The summed E-state index contributed by atoms with van der Waals surface area (Å²) in [6, 6.07) is 4.38. The summed E-state index contributed by atoms with van der Waals surface area (Å²) in [7, 11) is 0. The molecule has 1 aromatic carbocycles. The van der Waals surface area contributed by atoms with Gasteiger partial charge in [-0.3, -0.25) is 4.90 Å². The second-order valence-corrected chi connectivity index (χ2v) is 6.37. The van der Waals surface area contributed by atoms with Crippen molar-refractivity contribution in [2.45, 2.75) is 40.2 Å². The van der Waals surface area contributed by atoms with E-state index in [1.165, 1.54) is 42.6 Å². The number of nitrogens with zero attached hydrogens (tertiary/aromatic N) is 3. The molecular formula is C17H27N5. The highest BCUT2D eigenvalue weighted by Crippen LogP contribution is 2.21.